The van der Waals surface area contributed by atoms with E-state index in [0.717, 1.165) is 23.3 Å². The Balaban J connectivity index is 0.000000913. The molecule has 0 aliphatic rings. The van der Waals surface area contributed by atoms with Crippen molar-refractivity contribution in [1.82, 2.24) is 10.0 Å². The summed E-state index contributed by atoms with van der Waals surface area (Å²) in [4.78, 5) is 11.3. The zero-order chi connectivity index (χ0) is 23.3. The van der Waals surface area contributed by atoms with E-state index in [0.29, 0.717) is 27.3 Å². The van der Waals surface area contributed by atoms with Gasteiger partial charge in [0.05, 0.1) is 4.90 Å². The lowest BCUT2D eigenvalue weighted by molar-refractivity contribution is 0.112. The predicted molar refractivity (Wildman–Crippen MR) is 121 cm³/mol. The molecule has 166 valence electrons. The number of carbonyl (C=O) groups excluding carboxylic acids is 1. The van der Waals surface area contributed by atoms with Crippen molar-refractivity contribution < 1.29 is 23.0 Å². The lowest BCUT2D eigenvalue weighted by Gasteiger charge is -2.08. The van der Waals surface area contributed by atoms with E-state index in [1.807, 2.05) is 17.7 Å². The molecule has 0 bridgehead atoms. The van der Waals surface area contributed by atoms with Gasteiger partial charge in [0.2, 0.25) is 0 Å². The van der Waals surface area contributed by atoms with E-state index in [1.165, 1.54) is 19.2 Å². The normalized spacial score (nSPS) is 11.5. The number of rotatable bonds is 5. The van der Waals surface area contributed by atoms with Crippen molar-refractivity contribution >= 4 is 33.9 Å². The SMILES string of the molecule is CNO.Cn1cc(-c2ccc(F)cc2F)c2cc(NS(=O)c3ccc(C=O)cc3)ccc21. The number of benzene rings is 3. The summed E-state index contributed by atoms with van der Waals surface area (Å²) < 4.78 is 45.0. The van der Waals surface area contributed by atoms with Gasteiger partial charge in [0.15, 0.2) is 0 Å². The van der Waals surface area contributed by atoms with E-state index < -0.39 is 22.6 Å². The van der Waals surface area contributed by atoms with Crippen molar-refractivity contribution in [3.8, 4) is 11.1 Å². The first-order valence-corrected chi connectivity index (χ1v) is 10.6. The van der Waals surface area contributed by atoms with Crippen molar-refractivity contribution in [3.63, 3.8) is 0 Å². The summed E-state index contributed by atoms with van der Waals surface area (Å²) in [6, 6.07) is 15.3. The van der Waals surface area contributed by atoms with Crippen LogP contribution in [-0.4, -0.2) is 27.3 Å². The number of aldehydes is 1. The molecule has 0 radical (unpaired) electrons. The van der Waals surface area contributed by atoms with Gasteiger partial charge in [-0.25, -0.2) is 18.5 Å². The van der Waals surface area contributed by atoms with E-state index in [-0.39, 0.29) is 0 Å². The number of halogens is 2. The van der Waals surface area contributed by atoms with Gasteiger partial charge in [-0.2, -0.15) is 0 Å². The van der Waals surface area contributed by atoms with Crippen molar-refractivity contribution in [2.75, 3.05) is 11.8 Å². The first-order valence-electron chi connectivity index (χ1n) is 9.47. The third-order valence-corrected chi connectivity index (χ3v) is 5.77. The van der Waals surface area contributed by atoms with Gasteiger partial charge in [-0.1, -0.05) is 12.1 Å². The third kappa shape index (κ3) is 5.08. The second-order valence-electron chi connectivity index (χ2n) is 6.79. The highest BCUT2D eigenvalue weighted by Crippen LogP contribution is 2.34. The summed E-state index contributed by atoms with van der Waals surface area (Å²) in [5.41, 5.74) is 4.60. The van der Waals surface area contributed by atoms with Crippen LogP contribution in [-0.2, 0) is 18.0 Å². The molecule has 0 amide bonds. The minimum atomic E-state index is -1.54. The van der Waals surface area contributed by atoms with Crippen LogP contribution in [0, 0.1) is 11.6 Å². The summed E-state index contributed by atoms with van der Waals surface area (Å²) in [7, 11) is 1.74. The molecule has 3 N–H and O–H groups in total. The van der Waals surface area contributed by atoms with Crippen LogP contribution >= 0.6 is 0 Å². The molecule has 1 atom stereocenters. The lowest BCUT2D eigenvalue weighted by atomic mass is 10.0. The van der Waals surface area contributed by atoms with Gasteiger partial charge in [0, 0.05) is 59.6 Å². The minimum absolute atomic E-state index is 0.291. The number of fused-ring (bicyclic) bond motifs is 1. The maximum atomic E-state index is 14.3. The minimum Gasteiger partial charge on any atom is -0.350 e. The molecular weight excluding hydrogens is 436 g/mol. The molecule has 4 rings (SSSR count). The highest BCUT2D eigenvalue weighted by Gasteiger charge is 2.14. The van der Waals surface area contributed by atoms with Gasteiger partial charge in [-0.3, -0.25) is 4.79 Å². The third-order valence-electron chi connectivity index (χ3n) is 4.65. The molecule has 4 aromatic rings. The molecule has 0 spiro atoms. The summed E-state index contributed by atoms with van der Waals surface area (Å²) in [5, 5.41) is 8.07. The quantitative estimate of drug-likeness (QED) is 0.301. The molecule has 0 aliphatic heterocycles. The molecule has 3 aromatic carbocycles. The Morgan fingerprint density at radius 1 is 1.00 bits per heavy atom. The molecule has 0 saturated heterocycles. The molecule has 9 heteroatoms. The van der Waals surface area contributed by atoms with Crippen molar-refractivity contribution in [2.45, 2.75) is 4.90 Å². The van der Waals surface area contributed by atoms with Crippen LogP contribution in [0.1, 0.15) is 10.4 Å². The average Bonchev–Trinajstić information content (AvgIpc) is 3.10. The molecule has 6 nitrogen and oxygen atoms in total. The second-order valence-corrected chi connectivity index (χ2v) is 8.00. The number of hydroxylamine groups is 1. The van der Waals surface area contributed by atoms with E-state index in [1.54, 1.807) is 48.1 Å². The van der Waals surface area contributed by atoms with Crippen LogP contribution in [0.5, 0.6) is 0 Å². The first kappa shape index (κ1) is 23.3. The fourth-order valence-corrected chi connectivity index (χ4v) is 4.06. The summed E-state index contributed by atoms with van der Waals surface area (Å²) in [5.74, 6) is -1.28. The molecule has 1 unspecified atom stereocenters. The molecule has 0 fully saturated rings. The monoisotopic (exact) mass is 457 g/mol. The Hall–Kier alpha value is -3.40. The Kier molecular flexibility index (Phi) is 7.47. The predicted octanol–water partition coefficient (Wildman–Crippen LogP) is 4.67. The highest BCUT2D eigenvalue weighted by atomic mass is 32.2. The van der Waals surface area contributed by atoms with Gasteiger partial charge in [0.25, 0.3) is 0 Å². The first-order chi connectivity index (χ1) is 15.4. The zero-order valence-electron chi connectivity index (χ0n) is 17.3. The van der Waals surface area contributed by atoms with Crippen molar-refractivity contribution in [1.29, 1.82) is 0 Å². The second kappa shape index (κ2) is 10.3. The van der Waals surface area contributed by atoms with Gasteiger partial charge < -0.3 is 14.5 Å². The van der Waals surface area contributed by atoms with Gasteiger partial charge in [-0.15, -0.1) is 0 Å². The Bertz CT molecular complexity index is 1270. The smallest absolute Gasteiger partial charge is 0.150 e. The highest BCUT2D eigenvalue weighted by molar-refractivity contribution is 7.86. The fourth-order valence-electron chi connectivity index (χ4n) is 3.21. The largest absolute Gasteiger partial charge is 0.350 e. The van der Waals surface area contributed by atoms with Crippen LogP contribution < -0.4 is 10.2 Å². The van der Waals surface area contributed by atoms with Crippen LogP contribution in [0.2, 0.25) is 0 Å². The van der Waals surface area contributed by atoms with Crippen molar-refractivity contribution in [3.05, 3.63) is 84.1 Å². The number of aromatic nitrogens is 1. The number of hydrogen-bond acceptors (Lipinski definition) is 4. The maximum Gasteiger partial charge on any atom is 0.150 e. The van der Waals surface area contributed by atoms with E-state index in [4.69, 9.17) is 5.21 Å². The topological polar surface area (TPSA) is 83.4 Å². The molecule has 0 aliphatic carbocycles. The maximum absolute atomic E-state index is 14.3. The van der Waals surface area contributed by atoms with Gasteiger partial charge in [0.1, 0.15) is 28.9 Å². The zero-order valence-corrected chi connectivity index (χ0v) is 18.1. The van der Waals surface area contributed by atoms with Crippen molar-refractivity contribution in [2.24, 2.45) is 7.05 Å². The molecule has 1 aromatic heterocycles. The Morgan fingerprint density at radius 2 is 1.69 bits per heavy atom. The van der Waals surface area contributed by atoms with Crippen LogP contribution in [0.3, 0.4) is 0 Å². The van der Waals surface area contributed by atoms with Gasteiger partial charge in [-0.05, 0) is 42.5 Å². The summed E-state index contributed by atoms with van der Waals surface area (Å²) in [6.45, 7) is 0. The van der Waals surface area contributed by atoms with E-state index in [2.05, 4.69) is 4.72 Å². The van der Waals surface area contributed by atoms with Crippen LogP contribution in [0.25, 0.3) is 22.0 Å². The molecule has 0 saturated carbocycles. The number of nitrogens with zero attached hydrogens (tertiary/aromatic N) is 1. The van der Waals surface area contributed by atoms with Crippen LogP contribution in [0.4, 0.5) is 14.5 Å². The van der Waals surface area contributed by atoms with E-state index >= 15 is 0 Å². The standard InChI is InChI=1S/C22H16F2N2O2S.CH5NO/c1-26-12-20(18-8-4-15(23)10-21(18)24)19-11-16(5-9-22(19)26)25-29(28)17-6-2-14(13-27)3-7-17;1-2-3/h2-13,25H,1H3;2-3H,1H3. The lowest BCUT2D eigenvalue weighted by Crippen LogP contribution is -2.04. The number of nitrogens with one attached hydrogen (secondary N) is 2. The average molecular weight is 458 g/mol. The molecule has 1 heterocycles. The molecule has 32 heavy (non-hydrogen) atoms. The summed E-state index contributed by atoms with van der Waals surface area (Å²) in [6.07, 6.45) is 2.50. The Labute approximate surface area is 186 Å². The number of anilines is 1. The fraction of sp³-hybridized carbons (Fsp3) is 0.0870. The summed E-state index contributed by atoms with van der Waals surface area (Å²) >= 11 is 0. The number of aryl methyl sites for hydroxylation is 1. The number of carbonyl (C=O) groups is 1. The van der Waals surface area contributed by atoms with Crippen LogP contribution in [0.15, 0.2) is 71.8 Å². The number of hydrogen-bond donors (Lipinski definition) is 3. The van der Waals surface area contributed by atoms with E-state index in [9.17, 15) is 17.8 Å². The van der Waals surface area contributed by atoms with Gasteiger partial charge >= 0.3 is 0 Å². The molecular formula is C23H21F2N3O3S. The Morgan fingerprint density at radius 3 is 2.31 bits per heavy atom.